The van der Waals surface area contributed by atoms with Crippen LogP contribution in [0.4, 0.5) is 0 Å². The van der Waals surface area contributed by atoms with Crippen molar-refractivity contribution in [1.82, 2.24) is 4.98 Å². The van der Waals surface area contributed by atoms with E-state index in [0.29, 0.717) is 0 Å². The second-order valence-corrected chi connectivity index (χ2v) is 6.35. The van der Waals surface area contributed by atoms with E-state index in [1.807, 2.05) is 12.3 Å². The van der Waals surface area contributed by atoms with Crippen molar-refractivity contribution in [3.05, 3.63) is 42.1 Å². The van der Waals surface area contributed by atoms with E-state index in [1.54, 1.807) is 0 Å². The Bertz CT molecular complexity index is 535. The number of hydrogen-bond donors (Lipinski definition) is 1. The lowest BCUT2D eigenvalue weighted by atomic mass is 9.84. The molecule has 0 radical (unpaired) electrons. The number of rotatable bonds is 4. The van der Waals surface area contributed by atoms with E-state index in [0.717, 1.165) is 24.8 Å². The second-order valence-electron chi connectivity index (χ2n) is 6.35. The van der Waals surface area contributed by atoms with E-state index >= 15 is 0 Å². The van der Waals surface area contributed by atoms with Crippen LogP contribution in [0.1, 0.15) is 39.2 Å². The van der Waals surface area contributed by atoms with Crippen molar-refractivity contribution in [1.29, 1.82) is 0 Å². The van der Waals surface area contributed by atoms with Crippen molar-refractivity contribution in [2.24, 2.45) is 11.1 Å². The van der Waals surface area contributed by atoms with Crippen LogP contribution in [-0.4, -0.2) is 11.0 Å². The first-order valence-electron chi connectivity index (χ1n) is 7.06. The average molecular weight is 256 g/mol. The van der Waals surface area contributed by atoms with Gasteiger partial charge in [0.1, 0.15) is 0 Å². The number of aromatic nitrogens is 1. The zero-order valence-electron chi connectivity index (χ0n) is 12.2. The first kappa shape index (κ1) is 14.0. The molecule has 0 aliphatic carbocycles. The second kappa shape index (κ2) is 5.70. The van der Waals surface area contributed by atoms with Crippen LogP contribution in [0.3, 0.4) is 0 Å². The molecule has 0 aliphatic heterocycles. The summed E-state index contributed by atoms with van der Waals surface area (Å²) in [6.45, 7) is 6.62. The highest BCUT2D eigenvalue weighted by Gasteiger charge is 2.19. The molecule has 2 heteroatoms. The Hall–Kier alpha value is -1.41. The summed E-state index contributed by atoms with van der Waals surface area (Å²) in [5.74, 6) is 0. The lowest BCUT2D eigenvalue weighted by molar-refractivity contribution is 0.301. The number of para-hydroxylation sites is 1. The Balaban J connectivity index is 2.03. The molecule has 0 amide bonds. The smallest absolute Gasteiger partial charge is 0.0704 e. The Morgan fingerprint density at radius 3 is 2.63 bits per heavy atom. The van der Waals surface area contributed by atoms with E-state index in [2.05, 4.69) is 50.0 Å². The number of pyridine rings is 1. The maximum Gasteiger partial charge on any atom is 0.0704 e. The molecule has 102 valence electrons. The van der Waals surface area contributed by atoms with Crippen LogP contribution in [0.15, 0.2) is 36.5 Å². The van der Waals surface area contributed by atoms with Gasteiger partial charge in [-0.1, -0.05) is 39.0 Å². The van der Waals surface area contributed by atoms with Gasteiger partial charge in [0.05, 0.1) is 5.52 Å². The molecule has 2 nitrogen and oxygen atoms in total. The molecule has 1 heterocycles. The van der Waals surface area contributed by atoms with Crippen LogP contribution in [0.2, 0.25) is 0 Å². The largest absolute Gasteiger partial charge is 0.327 e. The Labute approximate surface area is 116 Å². The predicted octanol–water partition coefficient (Wildman–Crippen LogP) is 3.93. The summed E-state index contributed by atoms with van der Waals surface area (Å²) in [5.41, 5.74) is 8.87. The van der Waals surface area contributed by atoms with Crippen molar-refractivity contribution in [3.8, 4) is 0 Å². The van der Waals surface area contributed by atoms with Crippen LogP contribution < -0.4 is 5.73 Å². The zero-order chi connectivity index (χ0) is 13.9. The molecule has 1 unspecified atom stereocenters. The molecule has 0 aliphatic rings. The molecule has 0 spiro atoms. The van der Waals surface area contributed by atoms with Gasteiger partial charge in [-0.3, -0.25) is 4.98 Å². The van der Waals surface area contributed by atoms with E-state index in [9.17, 15) is 0 Å². The molecule has 0 saturated carbocycles. The summed E-state index contributed by atoms with van der Waals surface area (Å²) in [4.78, 5) is 4.40. The number of nitrogens with two attached hydrogens (primary N) is 1. The maximum absolute atomic E-state index is 6.22. The molecule has 1 atom stereocenters. The Morgan fingerprint density at radius 2 is 1.89 bits per heavy atom. The van der Waals surface area contributed by atoms with Gasteiger partial charge in [-0.15, -0.1) is 0 Å². The summed E-state index contributed by atoms with van der Waals surface area (Å²) in [7, 11) is 0. The third-order valence-electron chi connectivity index (χ3n) is 3.81. The molecule has 1 aromatic heterocycles. The molecule has 2 rings (SSSR count). The number of hydrogen-bond acceptors (Lipinski definition) is 2. The van der Waals surface area contributed by atoms with Gasteiger partial charge in [0, 0.05) is 17.6 Å². The van der Waals surface area contributed by atoms with E-state index in [4.69, 9.17) is 5.73 Å². The average Bonchev–Trinajstić information content (AvgIpc) is 2.38. The minimum atomic E-state index is 0.195. The number of aryl methyl sites for hydroxylation is 1. The lowest BCUT2D eigenvalue weighted by Crippen LogP contribution is -2.34. The zero-order valence-corrected chi connectivity index (χ0v) is 12.2. The first-order chi connectivity index (χ1) is 8.98. The highest BCUT2D eigenvalue weighted by atomic mass is 14.7. The summed E-state index contributed by atoms with van der Waals surface area (Å²) >= 11 is 0. The fourth-order valence-corrected chi connectivity index (χ4v) is 2.32. The number of fused-ring (bicyclic) bond motifs is 1. The SMILES string of the molecule is CC(C)(C)C(N)CCCc1ccnc2ccccc12. The maximum atomic E-state index is 6.22. The third kappa shape index (κ3) is 3.54. The highest BCUT2D eigenvalue weighted by molar-refractivity contribution is 5.81. The first-order valence-corrected chi connectivity index (χ1v) is 7.06. The Morgan fingerprint density at radius 1 is 1.16 bits per heavy atom. The van der Waals surface area contributed by atoms with Gasteiger partial charge in [-0.25, -0.2) is 0 Å². The van der Waals surface area contributed by atoms with Crippen LogP contribution in [0.5, 0.6) is 0 Å². The monoisotopic (exact) mass is 256 g/mol. The topological polar surface area (TPSA) is 38.9 Å². The van der Waals surface area contributed by atoms with Crippen molar-refractivity contribution in [2.75, 3.05) is 0 Å². The minimum absolute atomic E-state index is 0.195. The van der Waals surface area contributed by atoms with Crippen molar-refractivity contribution >= 4 is 10.9 Å². The van der Waals surface area contributed by atoms with E-state index in [-0.39, 0.29) is 11.5 Å². The van der Waals surface area contributed by atoms with Crippen molar-refractivity contribution in [3.63, 3.8) is 0 Å². The summed E-state index contributed by atoms with van der Waals surface area (Å²) in [6.07, 6.45) is 5.18. The van der Waals surface area contributed by atoms with Crippen LogP contribution in [0.25, 0.3) is 10.9 Å². The summed E-state index contributed by atoms with van der Waals surface area (Å²) in [6, 6.07) is 10.7. The predicted molar refractivity (Wildman–Crippen MR) is 82.1 cm³/mol. The summed E-state index contributed by atoms with van der Waals surface area (Å²) in [5, 5.41) is 1.27. The highest BCUT2D eigenvalue weighted by Crippen LogP contribution is 2.23. The van der Waals surface area contributed by atoms with Gasteiger partial charge >= 0.3 is 0 Å². The van der Waals surface area contributed by atoms with E-state index in [1.165, 1.54) is 10.9 Å². The van der Waals surface area contributed by atoms with Crippen LogP contribution in [-0.2, 0) is 6.42 Å². The van der Waals surface area contributed by atoms with Crippen molar-refractivity contribution < 1.29 is 0 Å². The molecule has 0 bridgehead atoms. The summed E-state index contributed by atoms with van der Waals surface area (Å²) < 4.78 is 0. The standard InChI is InChI=1S/C17H24N2/c1-17(2,3)16(18)10-6-7-13-11-12-19-15-9-5-4-8-14(13)15/h4-5,8-9,11-12,16H,6-7,10,18H2,1-3H3. The number of benzene rings is 1. The van der Waals surface area contributed by atoms with Gasteiger partial charge in [0.25, 0.3) is 0 Å². The fraction of sp³-hybridized carbons (Fsp3) is 0.471. The fourth-order valence-electron chi connectivity index (χ4n) is 2.32. The molecule has 1 aromatic carbocycles. The molecule has 0 saturated heterocycles. The molecule has 19 heavy (non-hydrogen) atoms. The normalized spacial score (nSPS) is 13.7. The van der Waals surface area contributed by atoms with Gasteiger partial charge in [-0.05, 0) is 42.4 Å². The molecule has 2 N–H and O–H groups in total. The lowest BCUT2D eigenvalue weighted by Gasteiger charge is -2.27. The third-order valence-corrected chi connectivity index (χ3v) is 3.81. The van der Waals surface area contributed by atoms with Gasteiger partial charge < -0.3 is 5.73 Å². The van der Waals surface area contributed by atoms with Crippen LogP contribution >= 0.6 is 0 Å². The number of nitrogens with zero attached hydrogens (tertiary/aromatic N) is 1. The quantitative estimate of drug-likeness (QED) is 0.900. The van der Waals surface area contributed by atoms with Gasteiger partial charge in [0.2, 0.25) is 0 Å². The van der Waals surface area contributed by atoms with E-state index < -0.39 is 0 Å². The Kier molecular flexibility index (Phi) is 4.20. The van der Waals surface area contributed by atoms with Gasteiger partial charge in [0.15, 0.2) is 0 Å². The molecular formula is C17H24N2. The minimum Gasteiger partial charge on any atom is -0.327 e. The van der Waals surface area contributed by atoms with Gasteiger partial charge in [-0.2, -0.15) is 0 Å². The molecule has 0 fully saturated rings. The molecule has 2 aromatic rings. The van der Waals surface area contributed by atoms with Crippen molar-refractivity contribution in [2.45, 2.75) is 46.1 Å². The van der Waals surface area contributed by atoms with Crippen LogP contribution in [0, 0.1) is 5.41 Å². The molecular weight excluding hydrogens is 232 g/mol.